The molecule has 0 radical (unpaired) electrons. The second-order valence-corrected chi connectivity index (χ2v) is 5.73. The molecule has 1 aliphatic carbocycles. The molecule has 3 rings (SSSR count). The molecule has 0 spiro atoms. The molecule has 1 saturated carbocycles. The van der Waals surface area contributed by atoms with E-state index >= 15 is 0 Å². The smallest absolute Gasteiger partial charge is 0.319 e. The van der Waals surface area contributed by atoms with Gasteiger partial charge in [-0.15, -0.1) is 5.10 Å². The average molecular weight is 321 g/mol. The molecule has 0 aliphatic heterocycles. The van der Waals surface area contributed by atoms with Crippen molar-refractivity contribution in [3.05, 3.63) is 35.1 Å². The third-order valence-corrected chi connectivity index (χ3v) is 3.96. The van der Waals surface area contributed by atoms with Gasteiger partial charge >= 0.3 is 6.03 Å². The van der Waals surface area contributed by atoms with E-state index in [9.17, 15) is 4.79 Å². The van der Waals surface area contributed by atoms with Gasteiger partial charge in [-0.25, -0.2) is 9.48 Å². The highest BCUT2D eigenvalue weighted by Crippen LogP contribution is 2.28. The van der Waals surface area contributed by atoms with Crippen LogP contribution in [0.3, 0.4) is 0 Å². The van der Waals surface area contributed by atoms with Crippen molar-refractivity contribution in [2.75, 3.05) is 5.32 Å². The predicted molar refractivity (Wildman–Crippen MR) is 82.6 cm³/mol. The fourth-order valence-electron chi connectivity index (χ4n) is 2.66. The molecule has 8 heteroatoms. The average Bonchev–Trinajstić information content (AvgIpc) is 3.16. The molecule has 1 aliphatic rings. The van der Waals surface area contributed by atoms with Gasteiger partial charge in [0.25, 0.3) is 0 Å². The summed E-state index contributed by atoms with van der Waals surface area (Å²) in [5, 5.41) is 17.8. The van der Waals surface area contributed by atoms with Crippen LogP contribution in [-0.4, -0.2) is 26.2 Å². The molecule has 1 heterocycles. The van der Waals surface area contributed by atoms with Gasteiger partial charge in [-0.05, 0) is 41.5 Å². The van der Waals surface area contributed by atoms with E-state index in [1.165, 1.54) is 12.8 Å². The zero-order valence-corrected chi connectivity index (χ0v) is 12.8. The summed E-state index contributed by atoms with van der Waals surface area (Å²) < 4.78 is 1.83. The number of rotatable bonds is 4. The Balaban J connectivity index is 1.56. The number of anilines is 1. The van der Waals surface area contributed by atoms with Gasteiger partial charge in [0.1, 0.15) is 0 Å². The minimum absolute atomic E-state index is 0.288. The number of hydrogen-bond donors (Lipinski definition) is 2. The molecule has 116 valence electrons. The molecule has 0 unspecified atom stereocenters. The number of tetrazole rings is 1. The number of aromatic nitrogens is 4. The molecule has 1 aromatic heterocycles. The van der Waals surface area contributed by atoms with Crippen molar-refractivity contribution in [3.63, 3.8) is 0 Å². The van der Waals surface area contributed by atoms with E-state index in [1.807, 2.05) is 4.68 Å². The Morgan fingerprint density at radius 1 is 1.36 bits per heavy atom. The zero-order valence-electron chi connectivity index (χ0n) is 12.0. The Labute approximate surface area is 133 Å². The van der Waals surface area contributed by atoms with E-state index in [2.05, 4.69) is 26.2 Å². The van der Waals surface area contributed by atoms with Crippen molar-refractivity contribution >= 4 is 23.3 Å². The Morgan fingerprint density at radius 3 is 2.95 bits per heavy atom. The van der Waals surface area contributed by atoms with E-state index in [-0.39, 0.29) is 12.6 Å². The number of nitrogens with zero attached hydrogens (tertiary/aromatic N) is 4. The number of carbonyl (C=O) groups is 1. The number of nitrogens with one attached hydrogen (secondary N) is 2. The fraction of sp³-hybridized carbons (Fsp3) is 0.429. The Hall–Kier alpha value is -2.15. The van der Waals surface area contributed by atoms with Gasteiger partial charge in [-0.2, -0.15) is 0 Å². The molecule has 0 bridgehead atoms. The maximum atomic E-state index is 11.9. The first-order valence-corrected chi connectivity index (χ1v) is 7.67. The molecule has 7 nitrogen and oxygen atoms in total. The Kier molecular flexibility index (Phi) is 4.53. The van der Waals surface area contributed by atoms with Crippen LogP contribution >= 0.6 is 11.6 Å². The summed E-state index contributed by atoms with van der Waals surface area (Å²) in [6, 6.07) is 7.02. The highest BCUT2D eigenvalue weighted by Gasteiger charge is 2.21. The molecule has 22 heavy (non-hydrogen) atoms. The highest BCUT2D eigenvalue weighted by atomic mass is 35.5. The molecule has 0 atom stereocenters. The first-order valence-electron chi connectivity index (χ1n) is 7.29. The molecule has 1 aromatic carbocycles. The zero-order chi connectivity index (χ0) is 15.4. The summed E-state index contributed by atoms with van der Waals surface area (Å²) in [6.07, 6.45) is 4.58. The van der Waals surface area contributed by atoms with E-state index in [0.717, 1.165) is 12.8 Å². The quantitative estimate of drug-likeness (QED) is 0.907. The highest BCUT2D eigenvalue weighted by molar-refractivity contribution is 6.30. The van der Waals surface area contributed by atoms with Crippen LogP contribution in [0, 0.1) is 0 Å². The summed E-state index contributed by atoms with van der Waals surface area (Å²) in [5.41, 5.74) is 0.639. The molecule has 0 saturated heterocycles. The lowest BCUT2D eigenvalue weighted by Crippen LogP contribution is -2.30. The van der Waals surface area contributed by atoms with Crippen LogP contribution in [-0.2, 0) is 6.54 Å². The van der Waals surface area contributed by atoms with Gasteiger partial charge in [0, 0.05) is 10.7 Å². The summed E-state index contributed by atoms with van der Waals surface area (Å²) in [5.74, 6) is 0.674. The van der Waals surface area contributed by atoms with Gasteiger partial charge in [0.15, 0.2) is 5.82 Å². The molecule has 2 N–H and O–H groups in total. The Morgan fingerprint density at radius 2 is 2.18 bits per heavy atom. The van der Waals surface area contributed by atoms with Gasteiger partial charge in [-0.3, -0.25) is 0 Å². The third kappa shape index (κ3) is 3.54. The van der Waals surface area contributed by atoms with Crippen molar-refractivity contribution in [1.29, 1.82) is 0 Å². The summed E-state index contributed by atoms with van der Waals surface area (Å²) in [7, 11) is 0. The lowest BCUT2D eigenvalue weighted by atomic mass is 10.2. The maximum Gasteiger partial charge on any atom is 0.319 e. The van der Waals surface area contributed by atoms with Crippen LogP contribution in [0.2, 0.25) is 5.02 Å². The normalized spacial score (nSPS) is 15.0. The van der Waals surface area contributed by atoms with E-state index in [0.29, 0.717) is 22.6 Å². The van der Waals surface area contributed by atoms with Crippen molar-refractivity contribution in [2.45, 2.75) is 38.3 Å². The number of urea groups is 1. The number of carbonyl (C=O) groups excluding carboxylic acids is 1. The van der Waals surface area contributed by atoms with Crippen molar-refractivity contribution in [1.82, 2.24) is 25.5 Å². The minimum atomic E-state index is -0.316. The first-order chi connectivity index (χ1) is 10.7. The van der Waals surface area contributed by atoms with Gasteiger partial charge in [0.05, 0.1) is 12.6 Å². The van der Waals surface area contributed by atoms with Gasteiger partial charge in [0.2, 0.25) is 0 Å². The molecular weight excluding hydrogens is 304 g/mol. The first kappa shape index (κ1) is 14.8. The van der Waals surface area contributed by atoms with E-state index in [4.69, 9.17) is 11.6 Å². The Bertz CT molecular complexity index is 652. The topological polar surface area (TPSA) is 84.7 Å². The summed E-state index contributed by atoms with van der Waals surface area (Å²) >= 11 is 5.88. The predicted octanol–water partition coefficient (Wildman–Crippen LogP) is 2.76. The largest absolute Gasteiger partial charge is 0.331 e. The maximum absolute atomic E-state index is 11.9. The number of hydrogen-bond acceptors (Lipinski definition) is 4. The lowest BCUT2D eigenvalue weighted by Gasteiger charge is -2.12. The number of benzene rings is 1. The van der Waals surface area contributed by atoms with Crippen molar-refractivity contribution < 1.29 is 4.79 Å². The molecule has 2 aromatic rings. The van der Waals surface area contributed by atoms with E-state index in [1.54, 1.807) is 24.3 Å². The SMILES string of the molecule is O=C(NCc1nnnn1C1CCCC1)Nc1cccc(Cl)c1. The fourth-order valence-corrected chi connectivity index (χ4v) is 2.85. The van der Waals surface area contributed by atoms with Crippen molar-refractivity contribution in [2.24, 2.45) is 0 Å². The standard InChI is InChI=1S/C14H17ClN6O/c15-10-4-3-5-11(8-10)17-14(22)16-9-13-18-19-20-21(13)12-6-1-2-7-12/h3-5,8,12H,1-2,6-7,9H2,(H2,16,17,22). The molecule has 1 fully saturated rings. The number of halogens is 1. The monoisotopic (exact) mass is 320 g/mol. The molecular formula is C14H17ClN6O. The van der Waals surface area contributed by atoms with Crippen LogP contribution in [0.15, 0.2) is 24.3 Å². The van der Waals surface area contributed by atoms with Crippen LogP contribution in [0.5, 0.6) is 0 Å². The van der Waals surface area contributed by atoms with Crippen LogP contribution in [0.25, 0.3) is 0 Å². The number of amides is 2. The minimum Gasteiger partial charge on any atom is -0.331 e. The second-order valence-electron chi connectivity index (χ2n) is 5.30. The van der Waals surface area contributed by atoms with Crippen LogP contribution in [0.1, 0.15) is 37.5 Å². The molecule has 2 amide bonds. The van der Waals surface area contributed by atoms with Crippen molar-refractivity contribution in [3.8, 4) is 0 Å². The summed E-state index contributed by atoms with van der Waals surface area (Å²) in [6.45, 7) is 0.288. The van der Waals surface area contributed by atoms with Gasteiger partial charge in [-0.1, -0.05) is 30.5 Å². The lowest BCUT2D eigenvalue weighted by molar-refractivity contribution is 0.251. The van der Waals surface area contributed by atoms with Crippen LogP contribution in [0.4, 0.5) is 10.5 Å². The third-order valence-electron chi connectivity index (χ3n) is 3.72. The van der Waals surface area contributed by atoms with Gasteiger partial charge < -0.3 is 10.6 Å². The second kappa shape index (κ2) is 6.74. The summed E-state index contributed by atoms with van der Waals surface area (Å²) in [4.78, 5) is 11.9. The van der Waals surface area contributed by atoms with E-state index < -0.39 is 0 Å². The van der Waals surface area contributed by atoms with Crippen LogP contribution < -0.4 is 10.6 Å².